The maximum atomic E-state index is 11.2. The van der Waals surface area contributed by atoms with Gasteiger partial charge in [0.25, 0.3) is 0 Å². The van der Waals surface area contributed by atoms with Crippen molar-refractivity contribution in [3.05, 3.63) is 18.0 Å². The molecule has 0 saturated heterocycles. The molecule has 5 heteroatoms. The van der Waals surface area contributed by atoms with E-state index in [0.717, 1.165) is 0 Å². The second kappa shape index (κ2) is 4.23. The molecule has 0 aliphatic carbocycles. The molecule has 1 rings (SSSR count). The van der Waals surface area contributed by atoms with Gasteiger partial charge in [-0.3, -0.25) is 9.48 Å². The topological polar surface area (TPSA) is 70.1 Å². The van der Waals surface area contributed by atoms with Crippen molar-refractivity contribution in [2.24, 2.45) is 18.7 Å². The smallest absolute Gasteiger partial charge is 0.310 e. The van der Waals surface area contributed by atoms with E-state index in [9.17, 15) is 4.79 Å². The Hall–Kier alpha value is -1.36. The van der Waals surface area contributed by atoms with Crippen LogP contribution in [0.5, 0.6) is 0 Å². The van der Waals surface area contributed by atoms with E-state index in [-0.39, 0.29) is 11.9 Å². The molecule has 0 fully saturated rings. The third-order valence-electron chi connectivity index (χ3n) is 2.19. The molecule has 14 heavy (non-hydrogen) atoms. The third-order valence-corrected chi connectivity index (χ3v) is 2.19. The lowest BCUT2D eigenvalue weighted by atomic mass is 10.0. The Bertz CT molecular complexity index is 322. The summed E-state index contributed by atoms with van der Waals surface area (Å²) in [4.78, 5) is 11.2. The quantitative estimate of drug-likeness (QED) is 0.704. The lowest BCUT2D eigenvalue weighted by Gasteiger charge is -2.15. The first-order valence-electron chi connectivity index (χ1n) is 4.39. The molecular formula is C9H15N3O2. The minimum absolute atomic E-state index is 0.317. The predicted molar refractivity (Wildman–Crippen MR) is 51.3 cm³/mol. The van der Waals surface area contributed by atoms with Crippen LogP contribution < -0.4 is 5.73 Å². The fourth-order valence-corrected chi connectivity index (χ4v) is 1.20. The van der Waals surface area contributed by atoms with Gasteiger partial charge >= 0.3 is 5.97 Å². The number of methoxy groups -OCH3 is 1. The summed E-state index contributed by atoms with van der Waals surface area (Å²) < 4.78 is 6.26. The second-order valence-corrected chi connectivity index (χ2v) is 3.25. The van der Waals surface area contributed by atoms with Gasteiger partial charge in [0, 0.05) is 13.2 Å². The van der Waals surface area contributed by atoms with Crippen molar-refractivity contribution < 1.29 is 9.53 Å². The second-order valence-electron chi connectivity index (χ2n) is 3.25. The molecule has 0 radical (unpaired) electrons. The number of esters is 1. The van der Waals surface area contributed by atoms with Crippen LogP contribution in [0.1, 0.15) is 18.7 Å². The van der Waals surface area contributed by atoms with E-state index >= 15 is 0 Å². The molecule has 0 bridgehead atoms. The number of carbonyl (C=O) groups is 1. The largest absolute Gasteiger partial charge is 0.469 e. The maximum absolute atomic E-state index is 11.2. The fourth-order valence-electron chi connectivity index (χ4n) is 1.20. The van der Waals surface area contributed by atoms with Gasteiger partial charge in [0.2, 0.25) is 0 Å². The monoisotopic (exact) mass is 197 g/mol. The van der Waals surface area contributed by atoms with Gasteiger partial charge in [0.05, 0.1) is 24.8 Å². The number of aryl methyl sites for hydroxylation is 1. The van der Waals surface area contributed by atoms with Gasteiger partial charge < -0.3 is 10.5 Å². The Morgan fingerprint density at radius 2 is 2.36 bits per heavy atom. The number of aromatic nitrogens is 2. The summed E-state index contributed by atoms with van der Waals surface area (Å²) in [5, 5.41) is 4.13. The molecule has 78 valence electrons. The van der Waals surface area contributed by atoms with Gasteiger partial charge in [-0.15, -0.1) is 0 Å². The first-order chi connectivity index (χ1) is 6.56. The van der Waals surface area contributed by atoms with Gasteiger partial charge in [-0.05, 0) is 6.07 Å². The van der Waals surface area contributed by atoms with Crippen molar-refractivity contribution in [3.8, 4) is 0 Å². The zero-order valence-electron chi connectivity index (χ0n) is 8.60. The van der Waals surface area contributed by atoms with Crippen molar-refractivity contribution in [2.75, 3.05) is 7.11 Å². The molecule has 0 amide bonds. The van der Waals surface area contributed by atoms with E-state index in [0.29, 0.717) is 5.69 Å². The van der Waals surface area contributed by atoms with E-state index in [1.807, 2.05) is 0 Å². The first kappa shape index (κ1) is 10.7. The molecule has 2 N–H and O–H groups in total. The lowest BCUT2D eigenvalue weighted by Crippen LogP contribution is -2.27. The highest BCUT2D eigenvalue weighted by Crippen LogP contribution is 2.18. The van der Waals surface area contributed by atoms with E-state index in [1.165, 1.54) is 7.11 Å². The molecule has 0 saturated carbocycles. The Kier molecular flexibility index (Phi) is 3.24. The number of hydrogen-bond acceptors (Lipinski definition) is 4. The molecule has 0 spiro atoms. The summed E-state index contributed by atoms with van der Waals surface area (Å²) in [5.41, 5.74) is 6.55. The Morgan fingerprint density at radius 1 is 1.71 bits per heavy atom. The third kappa shape index (κ3) is 2.11. The van der Waals surface area contributed by atoms with Crippen molar-refractivity contribution in [2.45, 2.75) is 13.0 Å². The minimum atomic E-state index is -0.413. The standard InChI is InChI=1S/C9H15N3O2/c1-6(9(13)14-3)8(10)7-4-5-12(2)11-7/h4-6,8H,10H2,1-3H3. The van der Waals surface area contributed by atoms with Crippen LogP contribution in [-0.2, 0) is 16.6 Å². The summed E-state index contributed by atoms with van der Waals surface area (Å²) >= 11 is 0. The average Bonchev–Trinajstić information content (AvgIpc) is 2.61. The van der Waals surface area contributed by atoms with Gasteiger partial charge in [0.1, 0.15) is 0 Å². The van der Waals surface area contributed by atoms with Crippen LogP contribution in [0.25, 0.3) is 0 Å². The number of rotatable bonds is 3. The molecule has 1 aromatic rings. The highest BCUT2D eigenvalue weighted by atomic mass is 16.5. The van der Waals surface area contributed by atoms with Gasteiger partial charge in [-0.1, -0.05) is 6.92 Å². The Morgan fingerprint density at radius 3 is 2.79 bits per heavy atom. The summed E-state index contributed by atoms with van der Waals surface area (Å²) in [5.74, 6) is -0.696. The zero-order chi connectivity index (χ0) is 10.7. The molecule has 1 aromatic heterocycles. The van der Waals surface area contributed by atoms with Gasteiger partial charge in [-0.2, -0.15) is 5.10 Å². The molecule has 5 nitrogen and oxygen atoms in total. The Balaban J connectivity index is 2.74. The predicted octanol–water partition coefficient (Wildman–Crippen LogP) is 0.229. The molecule has 2 unspecified atom stereocenters. The molecule has 0 aliphatic heterocycles. The van der Waals surface area contributed by atoms with Crippen LogP contribution >= 0.6 is 0 Å². The number of hydrogen-bond donors (Lipinski definition) is 1. The minimum Gasteiger partial charge on any atom is -0.469 e. The van der Waals surface area contributed by atoms with Crippen molar-refractivity contribution in [1.29, 1.82) is 0 Å². The van der Waals surface area contributed by atoms with Crippen LogP contribution in [0.15, 0.2) is 12.3 Å². The summed E-state index contributed by atoms with van der Waals surface area (Å²) in [7, 11) is 3.16. The average molecular weight is 197 g/mol. The summed E-state index contributed by atoms with van der Waals surface area (Å²) in [6.45, 7) is 1.73. The normalized spacial score (nSPS) is 14.9. The van der Waals surface area contributed by atoms with Crippen LogP contribution in [0.3, 0.4) is 0 Å². The number of nitrogens with two attached hydrogens (primary N) is 1. The van der Waals surface area contributed by atoms with E-state index < -0.39 is 6.04 Å². The number of ether oxygens (including phenoxy) is 1. The van der Waals surface area contributed by atoms with E-state index in [4.69, 9.17) is 5.73 Å². The summed E-state index contributed by atoms with van der Waals surface area (Å²) in [6, 6.07) is 1.38. The van der Waals surface area contributed by atoms with Crippen LogP contribution in [0, 0.1) is 5.92 Å². The molecule has 2 atom stereocenters. The zero-order valence-corrected chi connectivity index (χ0v) is 8.60. The fraction of sp³-hybridized carbons (Fsp3) is 0.556. The maximum Gasteiger partial charge on any atom is 0.310 e. The van der Waals surface area contributed by atoms with Crippen molar-refractivity contribution in [3.63, 3.8) is 0 Å². The van der Waals surface area contributed by atoms with Crippen LogP contribution in [0.2, 0.25) is 0 Å². The first-order valence-corrected chi connectivity index (χ1v) is 4.39. The lowest BCUT2D eigenvalue weighted by molar-refractivity contribution is -0.145. The van der Waals surface area contributed by atoms with Crippen molar-refractivity contribution in [1.82, 2.24) is 9.78 Å². The molecule has 1 heterocycles. The van der Waals surface area contributed by atoms with Crippen molar-refractivity contribution >= 4 is 5.97 Å². The molecular weight excluding hydrogens is 182 g/mol. The van der Waals surface area contributed by atoms with E-state index in [1.54, 1.807) is 30.9 Å². The number of carbonyl (C=O) groups excluding carboxylic acids is 1. The van der Waals surface area contributed by atoms with Crippen LogP contribution in [-0.4, -0.2) is 22.9 Å². The Labute approximate surface area is 82.8 Å². The van der Waals surface area contributed by atoms with Gasteiger partial charge in [0.15, 0.2) is 0 Å². The highest BCUT2D eigenvalue weighted by Gasteiger charge is 2.24. The van der Waals surface area contributed by atoms with Gasteiger partial charge in [-0.25, -0.2) is 0 Å². The summed E-state index contributed by atoms with van der Waals surface area (Å²) in [6.07, 6.45) is 1.79. The molecule has 0 aliphatic rings. The number of nitrogens with zero attached hydrogens (tertiary/aromatic N) is 2. The van der Waals surface area contributed by atoms with Crippen LogP contribution in [0.4, 0.5) is 0 Å². The highest BCUT2D eigenvalue weighted by molar-refractivity contribution is 5.72. The SMILES string of the molecule is COC(=O)C(C)C(N)c1ccn(C)n1. The molecule has 0 aromatic carbocycles. The van der Waals surface area contributed by atoms with E-state index in [2.05, 4.69) is 9.84 Å².